The van der Waals surface area contributed by atoms with Crippen LogP contribution in [0.3, 0.4) is 0 Å². The van der Waals surface area contributed by atoms with E-state index in [1.165, 1.54) is 0 Å². The molecular formula is C19H16Cl2N2O3. The van der Waals surface area contributed by atoms with Gasteiger partial charge in [-0.3, -0.25) is 0 Å². The van der Waals surface area contributed by atoms with Crippen molar-refractivity contribution in [3.05, 3.63) is 81.0 Å². The SMILES string of the molecule is CC1=C(C(=O)OCc2ccccc2)[C@H](c2c(Cl)cccc2Cl)NC(=O)N1. The van der Waals surface area contributed by atoms with Gasteiger partial charge in [0.05, 0.1) is 11.6 Å². The second kappa shape index (κ2) is 7.81. The molecular weight excluding hydrogens is 375 g/mol. The molecule has 2 aromatic carbocycles. The summed E-state index contributed by atoms with van der Waals surface area (Å²) < 4.78 is 5.43. The van der Waals surface area contributed by atoms with Crippen molar-refractivity contribution in [2.45, 2.75) is 19.6 Å². The average molecular weight is 391 g/mol. The van der Waals surface area contributed by atoms with Crippen molar-refractivity contribution < 1.29 is 14.3 Å². The zero-order chi connectivity index (χ0) is 18.7. The van der Waals surface area contributed by atoms with E-state index < -0.39 is 18.0 Å². The maximum atomic E-state index is 12.7. The number of amides is 2. The first-order valence-electron chi connectivity index (χ1n) is 7.90. The Morgan fingerprint density at radius 3 is 2.38 bits per heavy atom. The van der Waals surface area contributed by atoms with Gasteiger partial charge in [0, 0.05) is 21.3 Å². The van der Waals surface area contributed by atoms with E-state index in [1.54, 1.807) is 25.1 Å². The Labute approximate surface area is 160 Å². The summed E-state index contributed by atoms with van der Waals surface area (Å²) in [5, 5.41) is 5.99. The van der Waals surface area contributed by atoms with Gasteiger partial charge in [0.2, 0.25) is 0 Å². The molecule has 0 fully saturated rings. The molecule has 0 aliphatic carbocycles. The molecule has 134 valence electrons. The smallest absolute Gasteiger partial charge is 0.338 e. The van der Waals surface area contributed by atoms with E-state index in [1.807, 2.05) is 30.3 Å². The third-order valence-electron chi connectivity index (χ3n) is 3.99. The van der Waals surface area contributed by atoms with E-state index in [-0.39, 0.29) is 12.2 Å². The summed E-state index contributed by atoms with van der Waals surface area (Å²) >= 11 is 12.5. The Morgan fingerprint density at radius 1 is 1.08 bits per heavy atom. The van der Waals surface area contributed by atoms with Crippen LogP contribution in [0.4, 0.5) is 4.79 Å². The Kier molecular flexibility index (Phi) is 5.49. The summed E-state index contributed by atoms with van der Waals surface area (Å²) in [5.41, 5.74) is 1.97. The van der Waals surface area contributed by atoms with Crippen LogP contribution < -0.4 is 10.6 Å². The van der Waals surface area contributed by atoms with Gasteiger partial charge < -0.3 is 15.4 Å². The van der Waals surface area contributed by atoms with Crippen LogP contribution in [0.2, 0.25) is 10.0 Å². The quantitative estimate of drug-likeness (QED) is 0.761. The van der Waals surface area contributed by atoms with Crippen molar-refractivity contribution in [2.75, 3.05) is 0 Å². The highest BCUT2D eigenvalue weighted by atomic mass is 35.5. The van der Waals surface area contributed by atoms with Crippen molar-refractivity contribution in [1.29, 1.82) is 0 Å². The van der Waals surface area contributed by atoms with Gasteiger partial charge in [-0.25, -0.2) is 9.59 Å². The van der Waals surface area contributed by atoms with Crippen molar-refractivity contribution in [3.8, 4) is 0 Å². The van der Waals surface area contributed by atoms with Gasteiger partial charge in [0.15, 0.2) is 0 Å². The molecule has 26 heavy (non-hydrogen) atoms. The Balaban J connectivity index is 1.92. The van der Waals surface area contributed by atoms with Crippen molar-refractivity contribution in [1.82, 2.24) is 10.6 Å². The normalized spacial score (nSPS) is 16.7. The number of rotatable bonds is 4. The van der Waals surface area contributed by atoms with Crippen LogP contribution in [0.5, 0.6) is 0 Å². The van der Waals surface area contributed by atoms with Crippen LogP contribution >= 0.6 is 23.2 Å². The number of ether oxygens (including phenoxy) is 1. The summed E-state index contributed by atoms with van der Waals surface area (Å²) in [4.78, 5) is 24.7. The van der Waals surface area contributed by atoms with Gasteiger partial charge in [0.1, 0.15) is 6.61 Å². The van der Waals surface area contributed by atoms with Gasteiger partial charge >= 0.3 is 12.0 Å². The molecule has 1 aliphatic rings. The minimum atomic E-state index is -0.798. The maximum absolute atomic E-state index is 12.7. The summed E-state index contributed by atoms with van der Waals surface area (Å²) in [5.74, 6) is -0.556. The molecule has 2 N–H and O–H groups in total. The third kappa shape index (κ3) is 3.84. The second-order valence-electron chi connectivity index (χ2n) is 5.77. The lowest BCUT2D eigenvalue weighted by Gasteiger charge is -2.29. The topological polar surface area (TPSA) is 67.4 Å². The zero-order valence-corrected chi connectivity index (χ0v) is 15.4. The molecule has 1 atom stereocenters. The predicted octanol–water partition coefficient (Wildman–Crippen LogP) is 4.36. The van der Waals surface area contributed by atoms with Crippen LogP contribution in [-0.2, 0) is 16.1 Å². The molecule has 0 unspecified atom stereocenters. The first-order chi connectivity index (χ1) is 12.5. The fraction of sp³-hybridized carbons (Fsp3) is 0.158. The van der Waals surface area contributed by atoms with E-state index in [0.717, 1.165) is 5.56 Å². The number of hydrogen-bond donors (Lipinski definition) is 2. The summed E-state index contributed by atoms with van der Waals surface area (Å²) in [6.45, 7) is 1.75. The van der Waals surface area contributed by atoms with Crippen LogP contribution in [0.1, 0.15) is 24.1 Å². The number of nitrogens with one attached hydrogen (secondary N) is 2. The Hall–Kier alpha value is -2.50. The first kappa shape index (κ1) is 18.3. The summed E-state index contributed by atoms with van der Waals surface area (Å²) in [7, 11) is 0. The summed E-state index contributed by atoms with van der Waals surface area (Å²) in [6, 6.07) is 13.1. The first-order valence-corrected chi connectivity index (χ1v) is 8.66. The largest absolute Gasteiger partial charge is 0.457 e. The van der Waals surface area contributed by atoms with E-state index in [2.05, 4.69) is 10.6 Å². The highest BCUT2D eigenvalue weighted by Gasteiger charge is 2.34. The summed E-state index contributed by atoms with van der Waals surface area (Å²) in [6.07, 6.45) is 0. The molecule has 2 aromatic rings. The van der Waals surface area contributed by atoms with E-state index in [4.69, 9.17) is 27.9 Å². The molecule has 0 aromatic heterocycles. The average Bonchev–Trinajstić information content (AvgIpc) is 2.60. The Bertz CT molecular complexity index is 861. The molecule has 0 spiro atoms. The number of carbonyl (C=O) groups is 2. The fourth-order valence-electron chi connectivity index (χ4n) is 2.77. The van der Waals surface area contributed by atoms with Gasteiger partial charge in [-0.2, -0.15) is 0 Å². The van der Waals surface area contributed by atoms with E-state index >= 15 is 0 Å². The highest BCUT2D eigenvalue weighted by Crippen LogP contribution is 2.36. The number of esters is 1. The molecule has 1 aliphatic heterocycles. The molecule has 3 rings (SSSR count). The van der Waals surface area contributed by atoms with Gasteiger partial charge in [-0.1, -0.05) is 59.6 Å². The number of hydrogen-bond acceptors (Lipinski definition) is 3. The van der Waals surface area contributed by atoms with E-state index in [0.29, 0.717) is 21.3 Å². The predicted molar refractivity (Wildman–Crippen MR) is 99.8 cm³/mol. The van der Waals surface area contributed by atoms with Gasteiger partial charge in [-0.05, 0) is 24.6 Å². The minimum absolute atomic E-state index is 0.118. The number of halogens is 2. The molecule has 0 saturated carbocycles. The van der Waals surface area contributed by atoms with Gasteiger partial charge in [-0.15, -0.1) is 0 Å². The fourth-order valence-corrected chi connectivity index (χ4v) is 3.38. The Morgan fingerprint density at radius 2 is 1.73 bits per heavy atom. The second-order valence-corrected chi connectivity index (χ2v) is 6.58. The number of allylic oxidation sites excluding steroid dienone is 1. The third-order valence-corrected chi connectivity index (χ3v) is 4.65. The van der Waals surface area contributed by atoms with Gasteiger partial charge in [0.25, 0.3) is 0 Å². The lowest BCUT2D eigenvalue weighted by atomic mass is 9.95. The van der Waals surface area contributed by atoms with Crippen LogP contribution in [0, 0.1) is 0 Å². The molecule has 1 heterocycles. The van der Waals surface area contributed by atoms with Crippen LogP contribution in [0.25, 0.3) is 0 Å². The minimum Gasteiger partial charge on any atom is -0.457 e. The lowest BCUT2D eigenvalue weighted by molar-refractivity contribution is -0.140. The van der Waals surface area contributed by atoms with E-state index in [9.17, 15) is 9.59 Å². The lowest BCUT2D eigenvalue weighted by Crippen LogP contribution is -2.45. The molecule has 0 bridgehead atoms. The van der Waals surface area contributed by atoms with Crippen LogP contribution in [-0.4, -0.2) is 12.0 Å². The molecule has 2 amide bonds. The molecule has 5 nitrogen and oxygen atoms in total. The number of benzene rings is 2. The monoisotopic (exact) mass is 390 g/mol. The maximum Gasteiger partial charge on any atom is 0.338 e. The van der Waals surface area contributed by atoms with Crippen molar-refractivity contribution >= 4 is 35.2 Å². The van der Waals surface area contributed by atoms with Crippen molar-refractivity contribution in [3.63, 3.8) is 0 Å². The molecule has 0 saturated heterocycles. The standard InChI is InChI=1S/C19H16Cl2N2O3/c1-11-15(18(24)26-10-12-6-3-2-4-7-12)17(23-19(25)22-11)16-13(20)8-5-9-14(16)21/h2-9,17H,10H2,1H3,(H2,22,23,25)/t17-/m1/s1. The molecule has 0 radical (unpaired) electrons. The van der Waals surface area contributed by atoms with Crippen LogP contribution in [0.15, 0.2) is 59.8 Å². The van der Waals surface area contributed by atoms with Crippen molar-refractivity contribution in [2.24, 2.45) is 0 Å². The number of carbonyl (C=O) groups excluding carboxylic acids is 2. The molecule has 7 heteroatoms. The number of urea groups is 1. The highest BCUT2D eigenvalue weighted by molar-refractivity contribution is 6.36. The zero-order valence-electron chi connectivity index (χ0n) is 13.9.